The van der Waals surface area contributed by atoms with E-state index in [1.165, 1.54) is 6.07 Å². The number of carbonyl (C=O) groups is 2. The Labute approximate surface area is 200 Å². The summed E-state index contributed by atoms with van der Waals surface area (Å²) < 4.78 is 89.9. The Balaban J connectivity index is 0.00000145. The lowest BCUT2D eigenvalue weighted by atomic mass is 9.84. The van der Waals surface area contributed by atoms with Crippen molar-refractivity contribution in [3.05, 3.63) is 53.2 Å². The number of hydrogen-bond acceptors (Lipinski definition) is 8. The first-order valence-corrected chi connectivity index (χ1v) is 9.93. The third-order valence-corrected chi connectivity index (χ3v) is 4.83. The van der Waals surface area contributed by atoms with E-state index in [1.807, 2.05) is 0 Å². The zero-order chi connectivity index (χ0) is 27.1. The number of ketones is 1. The maximum atomic E-state index is 14.8. The molecule has 0 bridgehead atoms. The van der Waals surface area contributed by atoms with Gasteiger partial charge in [-0.2, -0.15) is 13.2 Å². The Hall–Kier alpha value is -3.75. The quantitative estimate of drug-likeness (QED) is 0.336. The number of nitrogens with two attached hydrogens (primary N) is 1. The van der Waals surface area contributed by atoms with Gasteiger partial charge in [0.2, 0.25) is 5.88 Å². The first-order chi connectivity index (χ1) is 16.7. The summed E-state index contributed by atoms with van der Waals surface area (Å²) in [5.41, 5.74) is 2.71. The molecule has 15 heteroatoms. The summed E-state index contributed by atoms with van der Waals surface area (Å²) in [5.74, 6) is -5.88. The van der Waals surface area contributed by atoms with Gasteiger partial charge in [-0.3, -0.25) is 14.6 Å². The fraction of sp³-hybridized carbons (Fsp3) is 0.381. The molecule has 0 spiro atoms. The number of hydrogen-bond donors (Lipinski definition) is 2. The van der Waals surface area contributed by atoms with Crippen molar-refractivity contribution in [3.8, 4) is 5.88 Å². The molecule has 1 aromatic carbocycles. The summed E-state index contributed by atoms with van der Waals surface area (Å²) in [6, 6.07) is 3.24. The number of rotatable bonds is 6. The minimum Gasteiger partial charge on any atom is -0.483 e. The second-order valence-electron chi connectivity index (χ2n) is 7.54. The van der Waals surface area contributed by atoms with Gasteiger partial charge in [-0.15, -0.1) is 0 Å². The molecule has 0 saturated heterocycles. The number of ether oxygens (including phenoxy) is 2. The van der Waals surface area contributed by atoms with Gasteiger partial charge in [0.1, 0.15) is 30.6 Å². The molecule has 2 heterocycles. The molecular weight excluding hydrogens is 502 g/mol. The average Bonchev–Trinajstić information content (AvgIpc) is 2.89. The van der Waals surface area contributed by atoms with Crippen molar-refractivity contribution in [1.82, 2.24) is 9.97 Å². The number of alkyl halides is 5. The van der Waals surface area contributed by atoms with Gasteiger partial charge in [0.25, 0.3) is 12.4 Å². The zero-order valence-corrected chi connectivity index (χ0v) is 18.6. The summed E-state index contributed by atoms with van der Waals surface area (Å²) in [4.78, 5) is 31.9. The van der Waals surface area contributed by atoms with Crippen LogP contribution in [0.4, 0.5) is 26.3 Å². The van der Waals surface area contributed by atoms with Crippen LogP contribution in [0.2, 0.25) is 0 Å². The van der Waals surface area contributed by atoms with Crippen molar-refractivity contribution in [2.45, 2.75) is 31.0 Å². The Morgan fingerprint density at radius 1 is 1.28 bits per heavy atom. The highest BCUT2D eigenvalue weighted by Gasteiger charge is 2.54. The van der Waals surface area contributed by atoms with Gasteiger partial charge in [-0.25, -0.2) is 23.1 Å². The number of nitrogens with zero attached hydrogens (tertiary/aromatic N) is 3. The highest BCUT2D eigenvalue weighted by atomic mass is 19.4. The van der Waals surface area contributed by atoms with Crippen LogP contribution in [-0.4, -0.2) is 65.1 Å². The lowest BCUT2D eigenvalue weighted by molar-refractivity contribution is -0.154. The van der Waals surface area contributed by atoms with Crippen LogP contribution < -0.4 is 10.5 Å². The van der Waals surface area contributed by atoms with Crippen molar-refractivity contribution in [1.29, 1.82) is 0 Å². The Morgan fingerprint density at radius 2 is 1.94 bits per heavy atom. The van der Waals surface area contributed by atoms with Crippen molar-refractivity contribution in [2.24, 2.45) is 10.7 Å². The Kier molecular flexibility index (Phi) is 8.96. The molecule has 196 valence electrons. The number of halogens is 6. The maximum absolute atomic E-state index is 14.8. The lowest BCUT2D eigenvalue weighted by Crippen LogP contribution is -2.45. The second kappa shape index (κ2) is 11.3. The smallest absolute Gasteiger partial charge is 0.422 e. The van der Waals surface area contributed by atoms with Crippen LogP contribution in [0.3, 0.4) is 0 Å². The lowest BCUT2D eigenvalue weighted by Gasteiger charge is -2.33. The first-order valence-electron chi connectivity index (χ1n) is 9.93. The predicted molar refractivity (Wildman–Crippen MR) is 111 cm³/mol. The van der Waals surface area contributed by atoms with Crippen molar-refractivity contribution >= 4 is 18.1 Å². The van der Waals surface area contributed by atoms with Crippen LogP contribution >= 0.6 is 0 Å². The van der Waals surface area contributed by atoms with E-state index in [1.54, 1.807) is 0 Å². The van der Waals surface area contributed by atoms with E-state index in [0.29, 0.717) is 0 Å². The van der Waals surface area contributed by atoms with E-state index >= 15 is 0 Å². The summed E-state index contributed by atoms with van der Waals surface area (Å²) in [7, 11) is 0. The van der Waals surface area contributed by atoms with Gasteiger partial charge in [0, 0.05) is 12.0 Å². The number of carboxylic acid groups (broad SMARTS) is 1. The van der Waals surface area contributed by atoms with Crippen molar-refractivity contribution in [2.75, 3.05) is 19.8 Å². The molecule has 1 aliphatic heterocycles. The molecule has 0 unspecified atom stereocenters. The fourth-order valence-corrected chi connectivity index (χ4v) is 3.10. The van der Waals surface area contributed by atoms with E-state index in [0.717, 1.165) is 31.5 Å². The van der Waals surface area contributed by atoms with Gasteiger partial charge < -0.3 is 20.3 Å². The van der Waals surface area contributed by atoms with Gasteiger partial charge in [0.15, 0.2) is 17.9 Å². The van der Waals surface area contributed by atoms with Crippen molar-refractivity contribution < 1.29 is 50.5 Å². The van der Waals surface area contributed by atoms with Crippen molar-refractivity contribution in [3.63, 3.8) is 0 Å². The van der Waals surface area contributed by atoms with Crippen LogP contribution in [0.1, 0.15) is 28.5 Å². The van der Waals surface area contributed by atoms with Gasteiger partial charge in [-0.05, 0) is 24.6 Å². The third kappa shape index (κ3) is 7.13. The molecule has 1 aromatic heterocycles. The van der Waals surface area contributed by atoms with Crippen LogP contribution in [0, 0.1) is 5.82 Å². The minimum atomic E-state index is -4.57. The monoisotopic (exact) mass is 522 g/mol. The number of Topliss-reactive ketones (excluding diaryl/α,β-unsaturated/α-hetero) is 1. The molecular formula is C21H20F6N4O5. The molecule has 36 heavy (non-hydrogen) atoms. The van der Waals surface area contributed by atoms with E-state index in [4.69, 9.17) is 20.4 Å². The minimum absolute atomic E-state index is 0.173. The molecule has 0 saturated carbocycles. The molecule has 0 fully saturated rings. The largest absolute Gasteiger partial charge is 0.483 e. The van der Waals surface area contributed by atoms with Crippen LogP contribution in [0.5, 0.6) is 5.88 Å². The number of aromatic nitrogens is 2. The van der Waals surface area contributed by atoms with Crippen LogP contribution in [-0.2, 0) is 21.5 Å². The molecule has 3 rings (SSSR count). The number of carbonyl (C=O) groups excluding carboxylic acids is 1. The molecule has 3 N–H and O–H groups in total. The molecule has 0 amide bonds. The number of aliphatic imine (C=N–C) groups is 1. The molecule has 1 aliphatic rings. The van der Waals surface area contributed by atoms with E-state index < -0.39 is 53.9 Å². The zero-order valence-electron chi connectivity index (χ0n) is 18.6. The predicted octanol–water partition coefficient (Wildman–Crippen LogP) is 2.92. The standard InChI is InChI=1S/C20H18F6N4O3.CH2O2/c1-18(19(22,23)9-32-8-16(27)30-18)12-4-11(2-3-13(12)21)5-15(31)14-6-29-17(7-28-14)33-10-20(24,25)26;2-1-3/h2-4,6-7H,5,8-10H2,1H3,(H2,27,30);1H,(H,2,3)/t18-;/m1./s1. The van der Waals surface area contributed by atoms with Crippen LogP contribution in [0.15, 0.2) is 35.6 Å². The second-order valence-corrected chi connectivity index (χ2v) is 7.54. The molecule has 0 aliphatic carbocycles. The van der Waals surface area contributed by atoms with Gasteiger partial charge in [-0.1, -0.05) is 6.07 Å². The topological polar surface area (TPSA) is 137 Å². The summed E-state index contributed by atoms with van der Waals surface area (Å²) in [5, 5.41) is 6.89. The molecule has 1 atom stereocenters. The average molecular weight is 522 g/mol. The molecule has 0 radical (unpaired) electrons. The van der Waals surface area contributed by atoms with Gasteiger partial charge in [0.05, 0.1) is 12.4 Å². The Morgan fingerprint density at radius 3 is 2.53 bits per heavy atom. The highest BCUT2D eigenvalue weighted by Crippen LogP contribution is 2.43. The highest BCUT2D eigenvalue weighted by molar-refractivity contribution is 5.95. The van der Waals surface area contributed by atoms with E-state index in [9.17, 15) is 31.1 Å². The normalized spacial score (nSPS) is 19.2. The molecule has 2 aromatic rings. The van der Waals surface area contributed by atoms with E-state index in [-0.39, 0.29) is 36.6 Å². The summed E-state index contributed by atoms with van der Waals surface area (Å²) >= 11 is 0. The maximum Gasteiger partial charge on any atom is 0.422 e. The Bertz CT molecular complexity index is 1110. The fourth-order valence-electron chi connectivity index (χ4n) is 3.10. The van der Waals surface area contributed by atoms with E-state index in [2.05, 4.69) is 19.7 Å². The van der Waals surface area contributed by atoms with Crippen LogP contribution in [0.25, 0.3) is 0 Å². The SMILES string of the molecule is C[C@]1(c2cc(CC(=O)c3cnc(OCC(F)(F)F)cn3)ccc2F)N=C(N)COCC1(F)F.O=CO. The first kappa shape index (κ1) is 28.5. The number of benzene rings is 1. The van der Waals surface area contributed by atoms with Gasteiger partial charge >= 0.3 is 6.18 Å². The molecule has 9 nitrogen and oxygen atoms in total. The summed E-state index contributed by atoms with van der Waals surface area (Å²) in [6.45, 7) is -2.18. The third-order valence-electron chi connectivity index (χ3n) is 4.83. The number of amidine groups is 1. The summed E-state index contributed by atoms with van der Waals surface area (Å²) in [6.07, 6.45) is -3.18.